The third-order valence-electron chi connectivity index (χ3n) is 2.90. The first-order valence-electron chi connectivity index (χ1n) is 7.27. The molecule has 0 aliphatic carbocycles. The van der Waals surface area contributed by atoms with Gasteiger partial charge in [-0.2, -0.15) is 13.2 Å². The van der Waals surface area contributed by atoms with Gasteiger partial charge in [0.25, 0.3) is 0 Å². The average Bonchev–Trinajstić information content (AvgIpc) is 2.38. The van der Waals surface area contributed by atoms with Crippen LogP contribution in [0.1, 0.15) is 26.3 Å². The van der Waals surface area contributed by atoms with Crippen molar-refractivity contribution < 1.29 is 22.7 Å². The van der Waals surface area contributed by atoms with Gasteiger partial charge >= 0.3 is 6.18 Å². The molecule has 0 aliphatic rings. The van der Waals surface area contributed by atoms with Crippen LogP contribution in [0.5, 0.6) is 5.75 Å². The van der Waals surface area contributed by atoms with Crippen LogP contribution in [-0.4, -0.2) is 36.7 Å². The van der Waals surface area contributed by atoms with E-state index in [4.69, 9.17) is 4.74 Å². The van der Waals surface area contributed by atoms with E-state index in [0.717, 1.165) is 4.90 Å². The van der Waals surface area contributed by atoms with Crippen LogP contribution in [0.3, 0.4) is 0 Å². The smallest absolute Gasteiger partial charge is 0.406 e. The maximum Gasteiger partial charge on any atom is 0.406 e. The van der Waals surface area contributed by atoms with Crippen LogP contribution in [0.2, 0.25) is 0 Å². The van der Waals surface area contributed by atoms with Crippen molar-refractivity contribution in [2.45, 2.75) is 33.4 Å². The molecule has 0 heterocycles. The highest BCUT2D eigenvalue weighted by Gasteiger charge is 2.33. The summed E-state index contributed by atoms with van der Waals surface area (Å²) in [5.74, 6) is 0.134. The Balaban J connectivity index is 2.72. The third-order valence-corrected chi connectivity index (χ3v) is 2.90. The monoisotopic (exact) mass is 317 g/mol. The van der Waals surface area contributed by atoms with Gasteiger partial charge in [-0.3, -0.25) is 4.79 Å². The van der Waals surface area contributed by atoms with Crippen LogP contribution >= 0.6 is 0 Å². The van der Waals surface area contributed by atoms with Crippen LogP contribution in [0.4, 0.5) is 13.2 Å². The Bertz CT molecular complexity index is 469. The van der Waals surface area contributed by atoms with E-state index in [0.29, 0.717) is 17.9 Å². The van der Waals surface area contributed by atoms with Gasteiger partial charge in [-0.05, 0) is 30.5 Å². The second-order valence-corrected chi connectivity index (χ2v) is 5.54. The van der Waals surface area contributed by atoms with Gasteiger partial charge in [0.1, 0.15) is 12.3 Å². The van der Waals surface area contributed by atoms with Crippen LogP contribution in [-0.2, 0) is 11.2 Å². The van der Waals surface area contributed by atoms with Crippen molar-refractivity contribution in [3.05, 3.63) is 29.8 Å². The van der Waals surface area contributed by atoms with Gasteiger partial charge in [0.05, 0.1) is 13.0 Å². The van der Waals surface area contributed by atoms with Gasteiger partial charge in [0, 0.05) is 6.54 Å². The number of hydrogen-bond acceptors (Lipinski definition) is 2. The minimum absolute atomic E-state index is 0.0216. The number of carbonyl (C=O) groups is 1. The molecule has 0 N–H and O–H groups in total. The first-order valence-corrected chi connectivity index (χ1v) is 7.27. The van der Waals surface area contributed by atoms with Crippen LogP contribution in [0.25, 0.3) is 0 Å². The Labute approximate surface area is 129 Å². The highest BCUT2D eigenvalue weighted by atomic mass is 19.4. The number of ether oxygens (including phenoxy) is 1. The Morgan fingerprint density at radius 2 is 1.82 bits per heavy atom. The van der Waals surface area contributed by atoms with Crippen molar-refractivity contribution in [3.8, 4) is 5.75 Å². The van der Waals surface area contributed by atoms with Crippen molar-refractivity contribution in [2.24, 2.45) is 5.92 Å². The predicted molar refractivity (Wildman–Crippen MR) is 78.8 cm³/mol. The van der Waals surface area contributed by atoms with Gasteiger partial charge in [-0.25, -0.2) is 0 Å². The molecule has 0 saturated carbocycles. The van der Waals surface area contributed by atoms with Crippen molar-refractivity contribution >= 4 is 5.91 Å². The molecule has 0 saturated heterocycles. The van der Waals surface area contributed by atoms with E-state index in [2.05, 4.69) is 0 Å². The normalized spacial score (nSPS) is 11.6. The summed E-state index contributed by atoms with van der Waals surface area (Å²) < 4.78 is 43.0. The minimum Gasteiger partial charge on any atom is -0.494 e. The van der Waals surface area contributed by atoms with E-state index in [1.165, 1.54) is 0 Å². The molecule has 1 aromatic carbocycles. The molecule has 124 valence electrons. The lowest BCUT2D eigenvalue weighted by atomic mass is 10.1. The standard InChI is InChI=1S/C16H22F3NO2/c1-4-22-14-7-5-13(6-8-14)9-15(21)20(10-12(2)3)11-16(17,18)19/h5-8,12H,4,9-11H2,1-3H3. The van der Waals surface area contributed by atoms with Gasteiger partial charge in [0.15, 0.2) is 0 Å². The fraction of sp³-hybridized carbons (Fsp3) is 0.562. The Morgan fingerprint density at radius 1 is 1.23 bits per heavy atom. The van der Waals surface area contributed by atoms with E-state index >= 15 is 0 Å². The summed E-state index contributed by atoms with van der Waals surface area (Å²) in [6.45, 7) is 4.85. The molecule has 0 unspecified atom stereocenters. The van der Waals surface area contributed by atoms with E-state index in [9.17, 15) is 18.0 Å². The van der Waals surface area contributed by atoms with E-state index < -0.39 is 18.6 Å². The molecule has 3 nitrogen and oxygen atoms in total. The molecule has 22 heavy (non-hydrogen) atoms. The van der Waals surface area contributed by atoms with E-state index in [1.807, 2.05) is 6.92 Å². The minimum atomic E-state index is -4.39. The molecule has 0 fully saturated rings. The van der Waals surface area contributed by atoms with Crippen molar-refractivity contribution in [2.75, 3.05) is 19.7 Å². The molecule has 0 spiro atoms. The average molecular weight is 317 g/mol. The number of carbonyl (C=O) groups excluding carboxylic acids is 1. The molecule has 1 amide bonds. The van der Waals surface area contributed by atoms with Crippen LogP contribution < -0.4 is 4.74 Å². The zero-order valence-electron chi connectivity index (χ0n) is 13.1. The number of nitrogens with zero attached hydrogens (tertiary/aromatic N) is 1. The zero-order chi connectivity index (χ0) is 16.8. The van der Waals surface area contributed by atoms with Crippen molar-refractivity contribution in [1.82, 2.24) is 4.90 Å². The fourth-order valence-corrected chi connectivity index (χ4v) is 2.07. The highest BCUT2D eigenvalue weighted by Crippen LogP contribution is 2.19. The summed E-state index contributed by atoms with van der Waals surface area (Å²) in [6, 6.07) is 6.82. The molecule has 6 heteroatoms. The first kappa shape index (κ1) is 18.3. The quantitative estimate of drug-likeness (QED) is 0.768. The maximum absolute atomic E-state index is 12.6. The van der Waals surface area contributed by atoms with Gasteiger partial charge in [0.2, 0.25) is 5.91 Å². The number of benzene rings is 1. The maximum atomic E-state index is 12.6. The molecule has 1 rings (SSSR count). The molecular weight excluding hydrogens is 295 g/mol. The summed E-state index contributed by atoms with van der Waals surface area (Å²) in [5, 5.41) is 0. The molecule has 0 bridgehead atoms. The van der Waals surface area contributed by atoms with Crippen LogP contribution in [0, 0.1) is 5.92 Å². The summed E-state index contributed by atoms with van der Waals surface area (Å²) in [7, 11) is 0. The number of rotatable bonds is 7. The zero-order valence-corrected chi connectivity index (χ0v) is 13.1. The Hall–Kier alpha value is -1.72. The number of amides is 1. The number of hydrogen-bond donors (Lipinski definition) is 0. The largest absolute Gasteiger partial charge is 0.494 e. The van der Waals surface area contributed by atoms with Crippen molar-refractivity contribution in [3.63, 3.8) is 0 Å². The molecule has 1 aromatic rings. The lowest BCUT2D eigenvalue weighted by Crippen LogP contribution is -2.41. The van der Waals surface area contributed by atoms with Crippen LogP contribution in [0.15, 0.2) is 24.3 Å². The molecular formula is C16H22F3NO2. The molecule has 0 aromatic heterocycles. The van der Waals surface area contributed by atoms with Gasteiger partial charge < -0.3 is 9.64 Å². The predicted octanol–water partition coefficient (Wildman–Crippen LogP) is 3.67. The van der Waals surface area contributed by atoms with Gasteiger partial charge in [-0.1, -0.05) is 26.0 Å². The Kier molecular flexibility index (Phi) is 6.71. The summed E-state index contributed by atoms with van der Waals surface area (Å²) in [6.07, 6.45) is -4.43. The lowest BCUT2D eigenvalue weighted by molar-refractivity contribution is -0.161. The number of halogens is 3. The second-order valence-electron chi connectivity index (χ2n) is 5.54. The molecule has 0 atom stereocenters. The first-order chi connectivity index (χ1) is 10.2. The Morgan fingerprint density at radius 3 is 2.27 bits per heavy atom. The molecule has 0 radical (unpaired) electrons. The molecule has 0 aliphatic heterocycles. The summed E-state index contributed by atoms with van der Waals surface area (Å²) in [4.78, 5) is 13.0. The SMILES string of the molecule is CCOc1ccc(CC(=O)N(CC(C)C)CC(F)(F)F)cc1. The third kappa shape index (κ3) is 6.83. The highest BCUT2D eigenvalue weighted by molar-refractivity contribution is 5.78. The lowest BCUT2D eigenvalue weighted by Gasteiger charge is -2.25. The van der Waals surface area contributed by atoms with E-state index in [1.54, 1.807) is 38.1 Å². The fourth-order valence-electron chi connectivity index (χ4n) is 2.07. The topological polar surface area (TPSA) is 29.5 Å². The van der Waals surface area contributed by atoms with E-state index in [-0.39, 0.29) is 18.9 Å². The van der Waals surface area contributed by atoms with Gasteiger partial charge in [-0.15, -0.1) is 0 Å². The number of alkyl halides is 3. The summed E-state index contributed by atoms with van der Waals surface area (Å²) >= 11 is 0. The summed E-state index contributed by atoms with van der Waals surface area (Å²) in [5.41, 5.74) is 0.671. The van der Waals surface area contributed by atoms with Crippen molar-refractivity contribution in [1.29, 1.82) is 0 Å². The second kappa shape index (κ2) is 8.06.